The number of hydrogen-bond donors (Lipinski definition) is 2. The molecule has 98 valence electrons. The summed E-state index contributed by atoms with van der Waals surface area (Å²) >= 11 is 0. The van der Waals surface area contributed by atoms with Crippen LogP contribution < -0.4 is 10.0 Å². The Morgan fingerprint density at radius 3 is 2.12 bits per heavy atom. The van der Waals surface area contributed by atoms with Crippen LogP contribution in [0, 0.1) is 0 Å². The molecule has 0 aromatic rings. The van der Waals surface area contributed by atoms with Crippen molar-refractivity contribution < 1.29 is 31.2 Å². The molecule has 1 aliphatic heterocycles. The summed E-state index contributed by atoms with van der Waals surface area (Å²) < 4.78 is 59.6. The first-order chi connectivity index (χ1) is 7.60. The highest BCUT2D eigenvalue weighted by Crippen LogP contribution is 2.13. The van der Waals surface area contributed by atoms with Gasteiger partial charge in [-0.3, -0.25) is 14.9 Å². The van der Waals surface area contributed by atoms with Crippen LogP contribution in [0.2, 0.25) is 0 Å². The predicted octanol–water partition coefficient (Wildman–Crippen LogP) is -1.66. The van der Waals surface area contributed by atoms with Gasteiger partial charge in [-0.1, -0.05) is 0 Å². The number of rotatable bonds is 3. The van der Waals surface area contributed by atoms with Gasteiger partial charge in [0.1, 0.15) is 6.54 Å². The summed E-state index contributed by atoms with van der Waals surface area (Å²) in [6.45, 7) is -3.15. The van der Waals surface area contributed by atoms with Gasteiger partial charge in [0.2, 0.25) is 11.8 Å². The van der Waals surface area contributed by atoms with Crippen LogP contribution >= 0.6 is 0 Å². The van der Waals surface area contributed by atoms with E-state index in [0.717, 1.165) is 0 Å². The molecule has 1 aliphatic rings. The van der Waals surface area contributed by atoms with E-state index in [1.807, 2.05) is 5.32 Å². The van der Waals surface area contributed by atoms with Gasteiger partial charge in [-0.25, -0.2) is 0 Å². The highest BCUT2D eigenvalue weighted by molar-refractivity contribution is 7.87. The van der Waals surface area contributed by atoms with E-state index in [4.69, 9.17) is 0 Å². The Balaban J connectivity index is 2.70. The van der Waals surface area contributed by atoms with Gasteiger partial charge >= 0.3 is 6.18 Å². The highest BCUT2D eigenvalue weighted by Gasteiger charge is 2.35. The topological polar surface area (TPSA) is 95.6 Å². The monoisotopic (exact) mass is 275 g/mol. The number of carbonyl (C=O) groups is 2. The molecule has 0 bridgehead atoms. The molecule has 0 radical (unpaired) electrons. The Kier molecular flexibility index (Phi) is 3.74. The normalized spacial score (nSPS) is 19.2. The number of halogens is 3. The fraction of sp³-hybridized carbons (Fsp3) is 0.667. The van der Waals surface area contributed by atoms with Gasteiger partial charge in [-0.15, -0.1) is 0 Å². The second-order valence-corrected chi connectivity index (χ2v) is 4.94. The molecule has 7 nitrogen and oxygen atoms in total. The SMILES string of the molecule is O=C1CN(S(=O)(=O)NCC(F)(F)F)CC(=O)N1. The number of nitrogens with one attached hydrogen (secondary N) is 2. The first-order valence-electron chi connectivity index (χ1n) is 4.24. The largest absolute Gasteiger partial charge is 0.402 e. The summed E-state index contributed by atoms with van der Waals surface area (Å²) in [6.07, 6.45) is -4.71. The molecule has 17 heavy (non-hydrogen) atoms. The average Bonchev–Trinajstić information content (AvgIpc) is 2.12. The van der Waals surface area contributed by atoms with E-state index >= 15 is 0 Å². The molecule has 0 unspecified atom stereocenters. The number of amides is 2. The summed E-state index contributed by atoms with van der Waals surface area (Å²) in [5, 5.41) is 1.82. The van der Waals surface area contributed by atoms with Crippen LogP contribution in [-0.2, 0) is 19.8 Å². The van der Waals surface area contributed by atoms with Gasteiger partial charge in [-0.2, -0.15) is 30.6 Å². The summed E-state index contributed by atoms with van der Waals surface area (Å²) in [4.78, 5) is 21.7. The molecule has 0 spiro atoms. The standard InChI is InChI=1S/C6H8F3N3O4S/c7-6(8,9)3-10-17(15,16)12-1-4(13)11-5(14)2-12/h10H,1-3H2,(H,11,13,14). The fourth-order valence-corrected chi connectivity index (χ4v) is 2.15. The smallest absolute Gasteiger partial charge is 0.294 e. The van der Waals surface area contributed by atoms with Gasteiger partial charge in [0, 0.05) is 0 Å². The molecule has 0 atom stereocenters. The molecule has 1 rings (SSSR count). The lowest BCUT2D eigenvalue weighted by atomic mass is 10.4. The van der Waals surface area contributed by atoms with Crippen molar-refractivity contribution in [3.63, 3.8) is 0 Å². The molecule has 0 aromatic heterocycles. The average molecular weight is 275 g/mol. The number of piperazine rings is 1. The minimum absolute atomic E-state index is 0.333. The fourth-order valence-electron chi connectivity index (χ4n) is 1.05. The number of alkyl halides is 3. The summed E-state index contributed by atoms with van der Waals surface area (Å²) in [6, 6.07) is 0. The van der Waals surface area contributed by atoms with E-state index in [-0.39, 0.29) is 0 Å². The van der Waals surface area contributed by atoms with E-state index in [1.165, 1.54) is 4.72 Å². The van der Waals surface area contributed by atoms with Gasteiger partial charge in [0.25, 0.3) is 10.2 Å². The van der Waals surface area contributed by atoms with Crippen LogP contribution in [0.5, 0.6) is 0 Å². The van der Waals surface area contributed by atoms with Crippen LogP contribution in [0.25, 0.3) is 0 Å². The zero-order valence-electron chi connectivity index (χ0n) is 8.24. The number of carbonyl (C=O) groups excluding carboxylic acids is 2. The Morgan fingerprint density at radius 2 is 1.71 bits per heavy atom. The molecule has 1 heterocycles. The third-order valence-electron chi connectivity index (χ3n) is 1.71. The minimum Gasteiger partial charge on any atom is -0.294 e. The summed E-state index contributed by atoms with van der Waals surface area (Å²) in [7, 11) is -4.50. The van der Waals surface area contributed by atoms with E-state index < -0.39 is 47.8 Å². The van der Waals surface area contributed by atoms with Crippen LogP contribution in [0.3, 0.4) is 0 Å². The van der Waals surface area contributed by atoms with E-state index in [2.05, 4.69) is 0 Å². The maximum Gasteiger partial charge on any atom is 0.402 e. The van der Waals surface area contributed by atoms with Crippen LogP contribution in [0.1, 0.15) is 0 Å². The van der Waals surface area contributed by atoms with Gasteiger partial charge < -0.3 is 0 Å². The van der Waals surface area contributed by atoms with Crippen molar-refractivity contribution in [3.8, 4) is 0 Å². The van der Waals surface area contributed by atoms with E-state index in [1.54, 1.807) is 0 Å². The lowest BCUT2D eigenvalue weighted by molar-refractivity contribution is -0.134. The first kappa shape index (κ1) is 13.9. The molecule has 0 aromatic carbocycles. The lowest BCUT2D eigenvalue weighted by Gasteiger charge is -2.24. The van der Waals surface area contributed by atoms with E-state index in [9.17, 15) is 31.2 Å². The second kappa shape index (κ2) is 4.58. The molecule has 2 N–H and O–H groups in total. The van der Waals surface area contributed by atoms with Crippen LogP contribution in [0.4, 0.5) is 13.2 Å². The van der Waals surface area contributed by atoms with Gasteiger partial charge in [-0.05, 0) is 0 Å². The molecule has 11 heteroatoms. The molecule has 0 aliphatic carbocycles. The zero-order valence-corrected chi connectivity index (χ0v) is 9.06. The quantitative estimate of drug-likeness (QED) is 0.603. The van der Waals surface area contributed by atoms with Crippen LogP contribution in [0.15, 0.2) is 0 Å². The number of nitrogens with zero attached hydrogens (tertiary/aromatic N) is 1. The minimum atomic E-state index is -4.71. The Hall–Kier alpha value is -1.20. The van der Waals surface area contributed by atoms with Crippen molar-refractivity contribution in [1.82, 2.24) is 14.3 Å². The Labute approximate surface area is 94.1 Å². The Bertz CT molecular complexity index is 416. The predicted molar refractivity (Wildman–Crippen MR) is 47.7 cm³/mol. The lowest BCUT2D eigenvalue weighted by Crippen LogP contribution is -2.56. The molecule has 1 fully saturated rings. The molecule has 0 saturated carbocycles. The highest BCUT2D eigenvalue weighted by atomic mass is 32.2. The third kappa shape index (κ3) is 4.28. The second-order valence-electron chi connectivity index (χ2n) is 3.18. The molecule has 2 amide bonds. The van der Waals surface area contributed by atoms with Gasteiger partial charge in [0.05, 0.1) is 13.1 Å². The maximum atomic E-state index is 11.8. The first-order valence-corrected chi connectivity index (χ1v) is 5.68. The van der Waals surface area contributed by atoms with Crippen molar-refractivity contribution >= 4 is 22.0 Å². The summed E-state index contributed by atoms with van der Waals surface area (Å²) in [5.74, 6) is -1.78. The van der Waals surface area contributed by atoms with Crippen molar-refractivity contribution in [2.75, 3.05) is 19.6 Å². The van der Waals surface area contributed by atoms with E-state index in [0.29, 0.717) is 4.31 Å². The number of imide groups is 1. The van der Waals surface area contributed by atoms with Crippen molar-refractivity contribution in [2.24, 2.45) is 0 Å². The van der Waals surface area contributed by atoms with Crippen molar-refractivity contribution in [1.29, 1.82) is 0 Å². The molecular weight excluding hydrogens is 267 g/mol. The van der Waals surface area contributed by atoms with Gasteiger partial charge in [0.15, 0.2) is 0 Å². The summed E-state index contributed by atoms with van der Waals surface area (Å²) in [5.41, 5.74) is 0. The van der Waals surface area contributed by atoms with Crippen molar-refractivity contribution in [2.45, 2.75) is 6.18 Å². The maximum absolute atomic E-state index is 11.8. The number of hydrogen-bond acceptors (Lipinski definition) is 4. The zero-order chi connectivity index (χ0) is 13.3. The van der Waals surface area contributed by atoms with Crippen LogP contribution in [-0.4, -0.2) is 50.3 Å². The van der Waals surface area contributed by atoms with Crippen molar-refractivity contribution in [3.05, 3.63) is 0 Å². The third-order valence-corrected chi connectivity index (χ3v) is 3.16. The molecular formula is C6H8F3N3O4S. The molecule has 1 saturated heterocycles. The Morgan fingerprint density at radius 1 is 1.24 bits per heavy atom.